The highest BCUT2D eigenvalue weighted by atomic mass is 35.5. The number of hydrogen-bond donors (Lipinski definition) is 1. The summed E-state index contributed by atoms with van der Waals surface area (Å²) in [6.07, 6.45) is 0.760. The van der Waals surface area contributed by atoms with Crippen LogP contribution in [-0.2, 0) is 0 Å². The number of aryl methyl sites for hydroxylation is 1. The van der Waals surface area contributed by atoms with Gasteiger partial charge in [0.2, 0.25) is 0 Å². The zero-order chi connectivity index (χ0) is 17.3. The van der Waals surface area contributed by atoms with Crippen molar-refractivity contribution in [3.8, 4) is 0 Å². The molecule has 1 aliphatic rings. The lowest BCUT2D eigenvalue weighted by Gasteiger charge is -2.19. The van der Waals surface area contributed by atoms with E-state index in [0.717, 1.165) is 17.5 Å². The molecular weight excluding hydrogens is 326 g/mol. The maximum Gasteiger partial charge on any atom is 0.335 e. The number of amides is 1. The largest absolute Gasteiger partial charge is 0.478 e. The molecule has 2 aromatic carbocycles. The number of halogens is 1. The number of carboxylic acid groups (broad SMARTS) is 1. The van der Waals surface area contributed by atoms with Crippen LogP contribution in [0.4, 0.5) is 0 Å². The minimum Gasteiger partial charge on any atom is -0.478 e. The number of likely N-dealkylation sites (tertiary alicyclic amines) is 1. The summed E-state index contributed by atoms with van der Waals surface area (Å²) in [5.41, 5.74) is 2.60. The van der Waals surface area contributed by atoms with E-state index < -0.39 is 5.97 Å². The van der Waals surface area contributed by atoms with Gasteiger partial charge in [0.1, 0.15) is 0 Å². The summed E-state index contributed by atoms with van der Waals surface area (Å²) in [6, 6.07) is 12.3. The Hall–Kier alpha value is -2.33. The van der Waals surface area contributed by atoms with Gasteiger partial charge in [0.25, 0.3) is 5.91 Å². The normalized spacial score (nSPS) is 17.1. The van der Waals surface area contributed by atoms with Crippen molar-refractivity contribution in [1.29, 1.82) is 0 Å². The summed E-state index contributed by atoms with van der Waals surface area (Å²) in [5, 5.41) is 9.89. The highest BCUT2D eigenvalue weighted by molar-refractivity contribution is 6.31. The Morgan fingerprint density at radius 3 is 2.67 bits per heavy atom. The molecule has 2 aromatic rings. The Morgan fingerprint density at radius 1 is 1.17 bits per heavy atom. The number of nitrogens with zero attached hydrogens (tertiary/aromatic N) is 1. The molecule has 0 aromatic heterocycles. The summed E-state index contributed by atoms with van der Waals surface area (Å²) in [4.78, 5) is 25.9. The average Bonchev–Trinajstić information content (AvgIpc) is 3.06. The lowest BCUT2D eigenvalue weighted by atomic mass is 9.93. The third-order valence-electron chi connectivity index (χ3n) is 4.54. The highest BCUT2D eigenvalue weighted by Gasteiger charge is 2.30. The Labute approximate surface area is 145 Å². The van der Waals surface area contributed by atoms with E-state index in [1.807, 2.05) is 25.1 Å². The molecule has 0 radical (unpaired) electrons. The van der Waals surface area contributed by atoms with Crippen LogP contribution in [0.1, 0.15) is 44.2 Å². The fourth-order valence-electron chi connectivity index (χ4n) is 3.24. The first kappa shape index (κ1) is 16.5. The Morgan fingerprint density at radius 2 is 1.92 bits per heavy atom. The van der Waals surface area contributed by atoms with Crippen LogP contribution >= 0.6 is 11.6 Å². The number of aromatic carboxylic acids is 1. The first-order valence-electron chi connectivity index (χ1n) is 7.85. The van der Waals surface area contributed by atoms with Gasteiger partial charge in [-0.3, -0.25) is 4.79 Å². The monoisotopic (exact) mass is 343 g/mol. The first-order valence-corrected chi connectivity index (χ1v) is 8.23. The van der Waals surface area contributed by atoms with E-state index in [0.29, 0.717) is 29.2 Å². The topological polar surface area (TPSA) is 57.6 Å². The number of carbonyl (C=O) groups excluding carboxylic acids is 1. The molecule has 4 nitrogen and oxygen atoms in total. The fraction of sp³-hybridized carbons (Fsp3) is 0.263. The molecule has 0 spiro atoms. The van der Waals surface area contributed by atoms with E-state index in [1.165, 1.54) is 0 Å². The van der Waals surface area contributed by atoms with Crippen LogP contribution in [0.3, 0.4) is 0 Å². The molecule has 1 aliphatic heterocycles. The van der Waals surface area contributed by atoms with Gasteiger partial charge in [0.05, 0.1) is 5.56 Å². The number of benzene rings is 2. The Bertz CT molecular complexity index is 803. The lowest BCUT2D eigenvalue weighted by molar-refractivity contribution is 0.0695. The lowest BCUT2D eigenvalue weighted by Crippen LogP contribution is -2.29. The minimum absolute atomic E-state index is 0.0424. The summed E-state index contributed by atoms with van der Waals surface area (Å²) in [6.45, 7) is 3.02. The second-order valence-electron chi connectivity index (χ2n) is 6.09. The zero-order valence-electron chi connectivity index (χ0n) is 13.3. The molecule has 0 aliphatic carbocycles. The number of carbonyl (C=O) groups is 2. The van der Waals surface area contributed by atoms with Crippen LogP contribution < -0.4 is 0 Å². The quantitative estimate of drug-likeness (QED) is 0.917. The van der Waals surface area contributed by atoms with E-state index >= 15 is 0 Å². The van der Waals surface area contributed by atoms with E-state index in [9.17, 15) is 14.7 Å². The molecule has 24 heavy (non-hydrogen) atoms. The molecule has 1 N–H and O–H groups in total. The van der Waals surface area contributed by atoms with Crippen LogP contribution in [0.25, 0.3) is 0 Å². The standard InChI is InChI=1S/C19H18ClNO3/c1-12-6-7-14(20)10-17(12)18(22)21-9-8-13(11-21)15-4-2-3-5-16(15)19(23)24/h2-7,10,13H,8-9,11H2,1H3,(H,23,24). The zero-order valence-corrected chi connectivity index (χ0v) is 14.1. The predicted octanol–water partition coefficient (Wildman–Crippen LogP) is 3.98. The summed E-state index contributed by atoms with van der Waals surface area (Å²) in [7, 11) is 0. The molecule has 1 fully saturated rings. The Balaban J connectivity index is 1.82. The molecule has 0 bridgehead atoms. The molecule has 1 saturated heterocycles. The maximum atomic E-state index is 12.8. The van der Waals surface area contributed by atoms with Crippen molar-refractivity contribution in [3.05, 3.63) is 69.7 Å². The summed E-state index contributed by atoms with van der Waals surface area (Å²) < 4.78 is 0. The van der Waals surface area contributed by atoms with Gasteiger partial charge in [-0.2, -0.15) is 0 Å². The van der Waals surface area contributed by atoms with E-state index in [-0.39, 0.29) is 11.8 Å². The first-order chi connectivity index (χ1) is 11.5. The van der Waals surface area contributed by atoms with Crippen molar-refractivity contribution in [3.63, 3.8) is 0 Å². The fourth-order valence-corrected chi connectivity index (χ4v) is 3.41. The van der Waals surface area contributed by atoms with Gasteiger partial charge in [-0.25, -0.2) is 4.79 Å². The maximum absolute atomic E-state index is 12.8. The van der Waals surface area contributed by atoms with Crippen molar-refractivity contribution in [2.45, 2.75) is 19.3 Å². The third-order valence-corrected chi connectivity index (χ3v) is 4.77. The van der Waals surface area contributed by atoms with Gasteiger partial charge in [-0.1, -0.05) is 35.9 Å². The van der Waals surface area contributed by atoms with Gasteiger partial charge < -0.3 is 10.0 Å². The molecule has 0 saturated carbocycles. The van der Waals surface area contributed by atoms with Crippen molar-refractivity contribution in [1.82, 2.24) is 4.90 Å². The summed E-state index contributed by atoms with van der Waals surface area (Å²) in [5.74, 6) is -0.938. The van der Waals surface area contributed by atoms with Crippen molar-refractivity contribution >= 4 is 23.5 Å². The molecule has 124 valence electrons. The van der Waals surface area contributed by atoms with Crippen molar-refractivity contribution < 1.29 is 14.7 Å². The van der Waals surface area contributed by atoms with Crippen LogP contribution in [-0.4, -0.2) is 35.0 Å². The van der Waals surface area contributed by atoms with E-state index in [1.54, 1.807) is 29.2 Å². The average molecular weight is 344 g/mol. The SMILES string of the molecule is Cc1ccc(Cl)cc1C(=O)N1CCC(c2ccccc2C(=O)O)C1. The van der Waals surface area contributed by atoms with Gasteiger partial charge >= 0.3 is 5.97 Å². The summed E-state index contributed by atoms with van der Waals surface area (Å²) >= 11 is 6.01. The highest BCUT2D eigenvalue weighted by Crippen LogP contribution is 2.31. The van der Waals surface area contributed by atoms with Crippen LogP contribution in [0.2, 0.25) is 5.02 Å². The van der Waals surface area contributed by atoms with Gasteiger partial charge in [0.15, 0.2) is 0 Å². The van der Waals surface area contributed by atoms with Gasteiger partial charge in [-0.15, -0.1) is 0 Å². The molecule has 5 heteroatoms. The molecule has 1 unspecified atom stereocenters. The second kappa shape index (κ2) is 6.65. The molecular formula is C19H18ClNO3. The molecule has 1 atom stereocenters. The minimum atomic E-state index is -0.930. The van der Waals surface area contributed by atoms with Crippen LogP contribution in [0.15, 0.2) is 42.5 Å². The number of rotatable bonds is 3. The Kier molecular flexibility index (Phi) is 4.58. The van der Waals surface area contributed by atoms with Gasteiger partial charge in [0, 0.05) is 29.6 Å². The number of carboxylic acids is 1. The van der Waals surface area contributed by atoms with E-state index in [2.05, 4.69) is 0 Å². The smallest absolute Gasteiger partial charge is 0.335 e. The van der Waals surface area contributed by atoms with Gasteiger partial charge in [-0.05, 0) is 42.7 Å². The molecule has 3 rings (SSSR count). The second-order valence-corrected chi connectivity index (χ2v) is 6.52. The molecule has 1 amide bonds. The van der Waals surface area contributed by atoms with Crippen LogP contribution in [0, 0.1) is 6.92 Å². The molecule has 1 heterocycles. The van der Waals surface area contributed by atoms with Crippen LogP contribution in [0.5, 0.6) is 0 Å². The predicted molar refractivity (Wildman–Crippen MR) is 92.9 cm³/mol. The van der Waals surface area contributed by atoms with Crippen molar-refractivity contribution in [2.75, 3.05) is 13.1 Å². The van der Waals surface area contributed by atoms with Crippen molar-refractivity contribution in [2.24, 2.45) is 0 Å². The number of hydrogen-bond acceptors (Lipinski definition) is 2. The third kappa shape index (κ3) is 3.15. The van der Waals surface area contributed by atoms with E-state index in [4.69, 9.17) is 11.6 Å².